The van der Waals surface area contributed by atoms with Crippen LogP contribution in [0.3, 0.4) is 0 Å². The van der Waals surface area contributed by atoms with Crippen molar-refractivity contribution in [3.05, 3.63) is 46.9 Å². The monoisotopic (exact) mass is 544 g/mol. The van der Waals surface area contributed by atoms with E-state index in [1.807, 2.05) is 23.5 Å². The highest BCUT2D eigenvalue weighted by atomic mass is 32.1. The zero-order valence-corrected chi connectivity index (χ0v) is 19.2. The maximum Gasteiger partial charge on any atom is 0.490 e. The van der Waals surface area contributed by atoms with Crippen LogP contribution in [0, 0.1) is 0 Å². The molecule has 0 aromatic carbocycles. The highest BCUT2D eigenvalue weighted by molar-refractivity contribution is 7.09. The fraction of sp³-hybridized carbons (Fsp3) is 0.476. The van der Waals surface area contributed by atoms with Crippen molar-refractivity contribution in [1.82, 2.24) is 9.88 Å². The number of ether oxygens (including phenoxy) is 2. The average molecular weight is 544 g/mol. The van der Waals surface area contributed by atoms with Crippen molar-refractivity contribution in [3.8, 4) is 5.75 Å². The van der Waals surface area contributed by atoms with Gasteiger partial charge < -0.3 is 19.7 Å². The standard InChI is InChI=1S/C17H20N2O2S.2C2HF3O2/c1-4-13(10-18-7-1)21-16-12-19(11-14-5-3-9-22-14)15-6-2-8-20-17(15)16;2*3-2(4,5)1(6)7/h1,3-5,7,9-10,15-17H,2,6,8,11-12H2;2*(H,6,7)/t15-,16-,17+;;/m1../s1. The molecule has 0 spiro atoms. The number of carboxylic acid groups (broad SMARTS) is 2. The van der Waals surface area contributed by atoms with Gasteiger partial charge in [-0.3, -0.25) is 9.88 Å². The molecule has 36 heavy (non-hydrogen) atoms. The van der Waals surface area contributed by atoms with E-state index in [1.54, 1.807) is 12.4 Å². The maximum absolute atomic E-state index is 10.6. The van der Waals surface area contributed by atoms with Crippen molar-refractivity contribution in [2.24, 2.45) is 0 Å². The molecule has 3 atom stereocenters. The lowest BCUT2D eigenvalue weighted by Gasteiger charge is -2.32. The van der Waals surface area contributed by atoms with Crippen LogP contribution < -0.4 is 4.74 Å². The fourth-order valence-corrected chi connectivity index (χ4v) is 4.21. The van der Waals surface area contributed by atoms with Gasteiger partial charge in [0.25, 0.3) is 0 Å². The summed E-state index contributed by atoms with van der Waals surface area (Å²) in [7, 11) is 0. The molecule has 2 aliphatic rings. The van der Waals surface area contributed by atoms with E-state index in [1.165, 1.54) is 11.3 Å². The molecule has 0 amide bonds. The van der Waals surface area contributed by atoms with E-state index in [0.29, 0.717) is 6.04 Å². The van der Waals surface area contributed by atoms with Crippen LogP contribution in [-0.4, -0.2) is 75.8 Å². The third-order valence-electron chi connectivity index (χ3n) is 4.93. The number of aromatic nitrogens is 1. The van der Waals surface area contributed by atoms with Crippen molar-refractivity contribution in [1.29, 1.82) is 0 Å². The highest BCUT2D eigenvalue weighted by Gasteiger charge is 2.45. The van der Waals surface area contributed by atoms with Crippen molar-refractivity contribution in [3.63, 3.8) is 0 Å². The molecule has 0 radical (unpaired) electrons. The van der Waals surface area contributed by atoms with Gasteiger partial charge in [-0.2, -0.15) is 26.3 Å². The van der Waals surface area contributed by atoms with Crippen molar-refractivity contribution < 1.29 is 55.6 Å². The Morgan fingerprint density at radius 2 is 1.75 bits per heavy atom. The minimum absolute atomic E-state index is 0.0921. The number of pyridine rings is 1. The SMILES string of the molecule is O=C(O)C(F)(F)F.O=C(O)C(F)(F)F.c1cncc(O[C@@H]2CN(Cc3cccs3)[C@@H]3CCCO[C@@H]32)c1. The van der Waals surface area contributed by atoms with E-state index in [2.05, 4.69) is 27.4 Å². The quantitative estimate of drug-likeness (QED) is 0.551. The molecule has 2 saturated heterocycles. The van der Waals surface area contributed by atoms with Crippen molar-refractivity contribution in [2.75, 3.05) is 13.2 Å². The molecule has 2 aromatic heterocycles. The molecule has 0 bridgehead atoms. The number of alkyl halides is 6. The van der Waals surface area contributed by atoms with Crippen LogP contribution in [0.4, 0.5) is 26.3 Å². The number of carbonyl (C=O) groups is 2. The Morgan fingerprint density at radius 3 is 2.25 bits per heavy atom. The number of aliphatic carboxylic acids is 2. The first-order chi connectivity index (χ1) is 16.8. The Hall–Kier alpha value is -2.91. The normalized spacial score (nSPS) is 21.8. The topological polar surface area (TPSA) is 109 Å². The van der Waals surface area contributed by atoms with E-state index < -0.39 is 24.3 Å². The lowest BCUT2D eigenvalue weighted by atomic mass is 10.0. The second-order valence-corrected chi connectivity index (χ2v) is 8.54. The largest absolute Gasteiger partial charge is 0.490 e. The van der Waals surface area contributed by atoms with Crippen LogP contribution in [0.15, 0.2) is 42.0 Å². The predicted molar refractivity (Wildman–Crippen MR) is 114 cm³/mol. The molecular weight excluding hydrogens is 522 g/mol. The second-order valence-electron chi connectivity index (χ2n) is 7.50. The molecule has 4 heterocycles. The van der Waals surface area contributed by atoms with E-state index in [0.717, 1.165) is 31.9 Å². The first kappa shape index (κ1) is 29.3. The summed E-state index contributed by atoms with van der Waals surface area (Å²) in [6, 6.07) is 8.67. The predicted octanol–water partition coefficient (Wildman–Crippen LogP) is 4.22. The molecule has 0 aliphatic carbocycles. The molecular formula is C21H22F6N2O6S. The van der Waals surface area contributed by atoms with Crippen LogP contribution in [-0.2, 0) is 20.9 Å². The minimum Gasteiger partial charge on any atom is -0.485 e. The van der Waals surface area contributed by atoms with Crippen LogP contribution in [0.1, 0.15) is 17.7 Å². The summed E-state index contributed by atoms with van der Waals surface area (Å²) >= 11 is 1.82. The number of halogens is 6. The second kappa shape index (κ2) is 12.9. The summed E-state index contributed by atoms with van der Waals surface area (Å²) in [5.74, 6) is -4.68. The Bertz CT molecular complexity index is 934. The lowest BCUT2D eigenvalue weighted by Crippen LogP contribution is -2.42. The molecule has 0 unspecified atom stereocenters. The summed E-state index contributed by atoms with van der Waals surface area (Å²) in [5.41, 5.74) is 0. The number of nitrogens with zero attached hydrogens (tertiary/aromatic N) is 2. The highest BCUT2D eigenvalue weighted by Crippen LogP contribution is 2.33. The molecule has 8 nitrogen and oxygen atoms in total. The van der Waals surface area contributed by atoms with Crippen LogP contribution in [0.5, 0.6) is 5.75 Å². The lowest BCUT2D eigenvalue weighted by molar-refractivity contribution is -0.193. The van der Waals surface area contributed by atoms with Gasteiger partial charge in [-0.05, 0) is 36.4 Å². The number of thiophene rings is 1. The minimum atomic E-state index is -5.08. The number of rotatable bonds is 4. The van der Waals surface area contributed by atoms with Gasteiger partial charge in [0.1, 0.15) is 18.0 Å². The zero-order chi connectivity index (χ0) is 26.9. The van der Waals surface area contributed by atoms with Gasteiger partial charge in [0.15, 0.2) is 0 Å². The summed E-state index contributed by atoms with van der Waals surface area (Å²) in [6.45, 7) is 2.76. The average Bonchev–Trinajstić information content (AvgIpc) is 3.43. The van der Waals surface area contributed by atoms with Crippen molar-refractivity contribution >= 4 is 23.3 Å². The summed E-state index contributed by atoms with van der Waals surface area (Å²) < 4.78 is 75.7. The van der Waals surface area contributed by atoms with Gasteiger partial charge in [-0.25, -0.2) is 9.59 Å². The molecule has 200 valence electrons. The molecule has 4 rings (SSSR count). The maximum atomic E-state index is 10.6. The Kier molecular flexibility index (Phi) is 10.5. The number of carboxylic acids is 2. The molecule has 2 N–H and O–H groups in total. The fourth-order valence-electron chi connectivity index (χ4n) is 3.48. The van der Waals surface area contributed by atoms with Crippen molar-refractivity contribution in [2.45, 2.75) is 50.0 Å². The molecule has 2 aromatic rings. The third-order valence-corrected chi connectivity index (χ3v) is 5.79. The Balaban J connectivity index is 0.000000271. The van der Waals surface area contributed by atoms with Gasteiger partial charge in [-0.1, -0.05) is 6.07 Å². The Morgan fingerprint density at radius 1 is 1.11 bits per heavy atom. The molecule has 2 aliphatic heterocycles. The van der Waals surface area contributed by atoms with Crippen LogP contribution in [0.25, 0.3) is 0 Å². The van der Waals surface area contributed by atoms with Crippen LogP contribution >= 0.6 is 11.3 Å². The van der Waals surface area contributed by atoms with Gasteiger partial charge >= 0.3 is 24.3 Å². The Labute approximate surface area is 205 Å². The summed E-state index contributed by atoms with van der Waals surface area (Å²) in [5, 5.41) is 16.4. The number of hydrogen-bond acceptors (Lipinski definition) is 7. The summed E-state index contributed by atoms with van der Waals surface area (Å²) in [4.78, 5) is 25.9. The number of likely N-dealkylation sites (tertiary alicyclic amines) is 1. The first-order valence-corrected chi connectivity index (χ1v) is 11.2. The van der Waals surface area contributed by atoms with E-state index in [-0.39, 0.29) is 12.2 Å². The number of hydrogen-bond donors (Lipinski definition) is 2. The van der Waals surface area contributed by atoms with Gasteiger partial charge in [0.2, 0.25) is 0 Å². The number of fused-ring (bicyclic) bond motifs is 1. The molecule has 2 fully saturated rings. The first-order valence-electron chi connectivity index (χ1n) is 10.3. The zero-order valence-electron chi connectivity index (χ0n) is 18.4. The van der Waals surface area contributed by atoms with E-state index >= 15 is 0 Å². The van der Waals surface area contributed by atoms with Gasteiger partial charge in [0.05, 0.1) is 6.20 Å². The summed E-state index contributed by atoms with van der Waals surface area (Å²) in [6.07, 6.45) is -4.02. The molecule has 0 saturated carbocycles. The van der Waals surface area contributed by atoms with E-state index in [4.69, 9.17) is 29.3 Å². The van der Waals surface area contributed by atoms with Gasteiger partial charge in [0, 0.05) is 36.8 Å². The van der Waals surface area contributed by atoms with E-state index in [9.17, 15) is 26.3 Å². The van der Waals surface area contributed by atoms with Crippen LogP contribution in [0.2, 0.25) is 0 Å². The third kappa shape index (κ3) is 9.28. The van der Waals surface area contributed by atoms with Gasteiger partial charge in [-0.15, -0.1) is 11.3 Å². The smallest absolute Gasteiger partial charge is 0.485 e. The molecule has 15 heteroatoms.